The zero-order valence-electron chi connectivity index (χ0n) is 11.7. The van der Waals surface area contributed by atoms with Crippen molar-refractivity contribution in [3.63, 3.8) is 0 Å². The van der Waals surface area contributed by atoms with Crippen molar-refractivity contribution in [2.45, 2.75) is 58.4 Å². The number of nitrogens with zero attached hydrogens (tertiary/aromatic N) is 1. The number of likely N-dealkylation sites (tertiary alicyclic amines) is 1. The van der Waals surface area contributed by atoms with Crippen molar-refractivity contribution in [3.8, 4) is 0 Å². The lowest BCUT2D eigenvalue weighted by atomic mass is 9.78. The molecule has 0 aromatic carbocycles. The summed E-state index contributed by atoms with van der Waals surface area (Å²) in [6.07, 6.45) is 8.42. The van der Waals surface area contributed by atoms with Gasteiger partial charge in [0.2, 0.25) is 0 Å². The van der Waals surface area contributed by atoms with Crippen molar-refractivity contribution >= 4 is 0 Å². The van der Waals surface area contributed by atoms with Gasteiger partial charge in [-0.3, -0.25) is 4.90 Å². The van der Waals surface area contributed by atoms with Crippen LogP contribution in [0.2, 0.25) is 0 Å². The van der Waals surface area contributed by atoms with E-state index in [1.165, 1.54) is 51.6 Å². The Morgan fingerprint density at radius 1 is 0.941 bits per heavy atom. The summed E-state index contributed by atoms with van der Waals surface area (Å²) in [5, 5.41) is 0. The number of rotatable bonds is 3. The fourth-order valence-corrected chi connectivity index (χ4v) is 3.67. The minimum atomic E-state index is 0.676. The van der Waals surface area contributed by atoms with Crippen LogP contribution in [0.3, 0.4) is 0 Å². The van der Waals surface area contributed by atoms with Crippen LogP contribution in [-0.2, 0) is 0 Å². The van der Waals surface area contributed by atoms with Gasteiger partial charge in [-0.2, -0.15) is 0 Å². The van der Waals surface area contributed by atoms with Crippen LogP contribution < -0.4 is 5.73 Å². The molecule has 0 aromatic rings. The van der Waals surface area contributed by atoms with Gasteiger partial charge in [-0.1, -0.05) is 26.7 Å². The second-order valence-corrected chi connectivity index (χ2v) is 6.54. The molecule has 2 heteroatoms. The molecule has 1 aliphatic carbocycles. The molecule has 1 saturated carbocycles. The van der Waals surface area contributed by atoms with E-state index >= 15 is 0 Å². The maximum Gasteiger partial charge on any atom is 0.0246 e. The monoisotopic (exact) mass is 238 g/mol. The average molecular weight is 238 g/mol. The Balaban J connectivity index is 1.87. The molecule has 0 radical (unpaired) electrons. The molecule has 100 valence electrons. The molecule has 1 heterocycles. The smallest absolute Gasteiger partial charge is 0.0246 e. The van der Waals surface area contributed by atoms with E-state index in [9.17, 15) is 0 Å². The molecule has 1 unspecified atom stereocenters. The van der Waals surface area contributed by atoms with Crippen molar-refractivity contribution in [2.24, 2.45) is 23.5 Å². The Labute approximate surface area is 107 Å². The summed E-state index contributed by atoms with van der Waals surface area (Å²) < 4.78 is 0. The quantitative estimate of drug-likeness (QED) is 0.819. The molecule has 17 heavy (non-hydrogen) atoms. The van der Waals surface area contributed by atoms with Crippen LogP contribution in [0.5, 0.6) is 0 Å². The topological polar surface area (TPSA) is 29.3 Å². The molecule has 2 aliphatic rings. The molecule has 2 rings (SSSR count). The summed E-state index contributed by atoms with van der Waals surface area (Å²) in [6.45, 7) is 8.23. The maximum absolute atomic E-state index is 6.06. The van der Waals surface area contributed by atoms with Gasteiger partial charge in [0.05, 0.1) is 0 Å². The second-order valence-electron chi connectivity index (χ2n) is 6.54. The van der Waals surface area contributed by atoms with Crippen molar-refractivity contribution in [1.82, 2.24) is 4.90 Å². The summed E-state index contributed by atoms with van der Waals surface area (Å²) in [4.78, 5) is 2.70. The van der Waals surface area contributed by atoms with Crippen molar-refractivity contribution in [3.05, 3.63) is 0 Å². The highest BCUT2D eigenvalue weighted by atomic mass is 15.2. The van der Waals surface area contributed by atoms with Crippen LogP contribution in [0.4, 0.5) is 0 Å². The van der Waals surface area contributed by atoms with Gasteiger partial charge in [0.1, 0.15) is 0 Å². The summed E-state index contributed by atoms with van der Waals surface area (Å²) in [6, 6.07) is 0.676. The fraction of sp³-hybridized carbons (Fsp3) is 1.00. The number of hydrogen-bond donors (Lipinski definition) is 1. The third-order valence-corrected chi connectivity index (χ3v) is 5.13. The van der Waals surface area contributed by atoms with Crippen LogP contribution in [0.25, 0.3) is 0 Å². The number of hydrogen-bond acceptors (Lipinski definition) is 2. The third kappa shape index (κ3) is 3.45. The van der Waals surface area contributed by atoms with E-state index in [4.69, 9.17) is 5.73 Å². The molecule has 2 N–H and O–H groups in total. The van der Waals surface area contributed by atoms with Crippen LogP contribution >= 0.6 is 0 Å². The molecule has 0 bridgehead atoms. The Morgan fingerprint density at radius 3 is 2.00 bits per heavy atom. The van der Waals surface area contributed by atoms with Gasteiger partial charge < -0.3 is 5.73 Å². The first-order valence-electron chi connectivity index (χ1n) is 7.64. The first-order valence-corrected chi connectivity index (χ1v) is 7.64. The highest BCUT2D eigenvalue weighted by Gasteiger charge is 2.30. The lowest BCUT2D eigenvalue weighted by molar-refractivity contribution is 0.0802. The Kier molecular flexibility index (Phi) is 4.87. The Hall–Kier alpha value is -0.0800. The van der Waals surface area contributed by atoms with Gasteiger partial charge in [-0.05, 0) is 56.5 Å². The predicted octanol–water partition coefficient (Wildman–Crippen LogP) is 2.87. The zero-order valence-corrected chi connectivity index (χ0v) is 11.7. The standard InChI is InChI=1S/C15H30N2/c1-12-3-5-14(6-4-12)15(11-16)17-9-7-13(2)8-10-17/h12-15H,3-11,16H2,1-2H3. The highest BCUT2D eigenvalue weighted by molar-refractivity contribution is 4.86. The van der Waals surface area contributed by atoms with Crippen molar-refractivity contribution in [2.75, 3.05) is 19.6 Å². The highest BCUT2D eigenvalue weighted by Crippen LogP contribution is 2.33. The van der Waals surface area contributed by atoms with Gasteiger partial charge in [0, 0.05) is 12.6 Å². The molecule has 1 aliphatic heterocycles. The van der Waals surface area contributed by atoms with E-state index in [0.717, 1.165) is 24.3 Å². The molecule has 2 nitrogen and oxygen atoms in total. The van der Waals surface area contributed by atoms with E-state index in [1.807, 2.05) is 0 Å². The SMILES string of the molecule is CC1CCC(C(CN)N2CCC(C)CC2)CC1. The summed E-state index contributed by atoms with van der Waals surface area (Å²) in [5.41, 5.74) is 6.06. The molecule has 0 aromatic heterocycles. The first-order chi connectivity index (χ1) is 8.20. The molecular weight excluding hydrogens is 208 g/mol. The van der Waals surface area contributed by atoms with E-state index in [1.54, 1.807) is 0 Å². The van der Waals surface area contributed by atoms with Crippen LogP contribution in [0, 0.1) is 17.8 Å². The van der Waals surface area contributed by atoms with E-state index in [-0.39, 0.29) is 0 Å². The molecule has 2 fully saturated rings. The first kappa shape index (κ1) is 13.4. The lowest BCUT2D eigenvalue weighted by Crippen LogP contribution is -2.49. The van der Waals surface area contributed by atoms with Gasteiger partial charge in [0.15, 0.2) is 0 Å². The largest absolute Gasteiger partial charge is 0.329 e. The Bertz CT molecular complexity index is 191. The minimum Gasteiger partial charge on any atom is -0.329 e. The van der Waals surface area contributed by atoms with Crippen molar-refractivity contribution in [1.29, 1.82) is 0 Å². The molecule has 1 saturated heterocycles. The van der Waals surface area contributed by atoms with Crippen LogP contribution in [-0.4, -0.2) is 30.6 Å². The normalized spacial score (nSPS) is 34.8. The average Bonchev–Trinajstić information content (AvgIpc) is 2.35. The minimum absolute atomic E-state index is 0.676. The number of piperidine rings is 1. The van der Waals surface area contributed by atoms with Gasteiger partial charge in [-0.25, -0.2) is 0 Å². The van der Waals surface area contributed by atoms with Crippen molar-refractivity contribution < 1.29 is 0 Å². The summed E-state index contributed by atoms with van der Waals surface area (Å²) in [5.74, 6) is 2.76. The third-order valence-electron chi connectivity index (χ3n) is 5.13. The van der Waals surface area contributed by atoms with Gasteiger partial charge in [-0.15, -0.1) is 0 Å². The van der Waals surface area contributed by atoms with Gasteiger partial charge >= 0.3 is 0 Å². The molecule has 1 atom stereocenters. The lowest BCUT2D eigenvalue weighted by Gasteiger charge is -2.42. The summed E-state index contributed by atoms with van der Waals surface area (Å²) in [7, 11) is 0. The number of nitrogens with two attached hydrogens (primary N) is 1. The predicted molar refractivity (Wildman–Crippen MR) is 73.9 cm³/mol. The van der Waals surface area contributed by atoms with Crippen LogP contribution in [0.1, 0.15) is 52.4 Å². The molecular formula is C15H30N2. The molecule has 0 spiro atoms. The second kappa shape index (κ2) is 6.19. The van der Waals surface area contributed by atoms with Gasteiger partial charge in [0.25, 0.3) is 0 Å². The van der Waals surface area contributed by atoms with E-state index in [2.05, 4.69) is 18.7 Å². The molecule has 0 amide bonds. The fourth-order valence-electron chi connectivity index (χ4n) is 3.67. The van der Waals surface area contributed by atoms with Crippen LogP contribution in [0.15, 0.2) is 0 Å². The van der Waals surface area contributed by atoms with E-state index < -0.39 is 0 Å². The Morgan fingerprint density at radius 2 is 1.47 bits per heavy atom. The summed E-state index contributed by atoms with van der Waals surface area (Å²) >= 11 is 0. The maximum atomic E-state index is 6.06. The van der Waals surface area contributed by atoms with E-state index in [0.29, 0.717) is 6.04 Å². The zero-order chi connectivity index (χ0) is 12.3.